The molecule has 0 aliphatic rings. The smallest absolute Gasteiger partial charge is 0.234 e. The van der Waals surface area contributed by atoms with Gasteiger partial charge in [0, 0.05) is 11.2 Å². The van der Waals surface area contributed by atoms with Crippen molar-refractivity contribution in [1.29, 1.82) is 0 Å². The van der Waals surface area contributed by atoms with Crippen LogP contribution in [0.15, 0.2) is 44.6 Å². The monoisotopic (exact) mass is 293 g/mol. The molecule has 6 heteroatoms. The van der Waals surface area contributed by atoms with Gasteiger partial charge in [0.25, 0.3) is 0 Å². The third-order valence-electron chi connectivity index (χ3n) is 1.74. The highest BCUT2D eigenvalue weighted by Gasteiger charge is 1.94. The maximum Gasteiger partial charge on any atom is 0.234 e. The van der Waals surface area contributed by atoms with Crippen molar-refractivity contribution in [3.8, 4) is 0 Å². The highest BCUT2D eigenvalue weighted by molar-refractivity contribution is 9.10. The van der Waals surface area contributed by atoms with Gasteiger partial charge in [-0.3, -0.25) is 0 Å². The van der Waals surface area contributed by atoms with E-state index in [-0.39, 0.29) is 5.96 Å². The summed E-state index contributed by atoms with van der Waals surface area (Å²) in [5.74, 6) is 0.0789. The molecule has 0 radical (unpaired) electrons. The topological polar surface area (TPSA) is 75.1 Å². The predicted molar refractivity (Wildman–Crippen MR) is 76.1 cm³/mol. The van der Waals surface area contributed by atoms with Crippen LogP contribution in [0, 0.1) is 0 Å². The van der Waals surface area contributed by atoms with E-state index in [1.165, 1.54) is 0 Å². The van der Waals surface area contributed by atoms with Crippen LogP contribution in [0.3, 0.4) is 0 Å². The minimum Gasteiger partial charge on any atom is -0.367 e. The van der Waals surface area contributed by atoms with Crippen LogP contribution >= 0.6 is 15.9 Å². The van der Waals surface area contributed by atoms with Crippen LogP contribution in [0.1, 0.15) is 11.1 Å². The van der Waals surface area contributed by atoms with Gasteiger partial charge in [0.2, 0.25) is 5.96 Å². The van der Waals surface area contributed by atoms with E-state index in [0.717, 1.165) is 15.6 Å². The lowest BCUT2D eigenvalue weighted by atomic mass is 10.1. The standard InChI is InChI=1S/C11H12BrN5/c1-3-8-4-9(6-10(12)5-8)7-15-17-11(13)16-14-2/h3-7H,1-2H2,(H3,13,16,17). The molecule has 0 atom stereocenters. The summed E-state index contributed by atoms with van der Waals surface area (Å²) >= 11 is 3.39. The Kier molecular flexibility index (Phi) is 5.09. The Morgan fingerprint density at radius 3 is 2.71 bits per heavy atom. The number of benzene rings is 1. The van der Waals surface area contributed by atoms with Gasteiger partial charge in [-0.2, -0.15) is 10.2 Å². The molecule has 0 heterocycles. The number of hydrogen-bond donors (Lipinski definition) is 2. The average Bonchev–Trinajstić information content (AvgIpc) is 2.28. The largest absolute Gasteiger partial charge is 0.367 e. The van der Waals surface area contributed by atoms with E-state index >= 15 is 0 Å². The summed E-state index contributed by atoms with van der Waals surface area (Å²) in [5, 5.41) is 10.8. The number of rotatable bonds is 4. The molecule has 0 saturated heterocycles. The molecule has 0 aliphatic carbocycles. The Bertz CT molecular complexity index is 479. The summed E-state index contributed by atoms with van der Waals surface area (Å²) in [7, 11) is 0. The van der Waals surface area contributed by atoms with Crippen molar-refractivity contribution in [3.05, 3.63) is 40.4 Å². The molecule has 0 amide bonds. The SMILES string of the molecule is C=Cc1cc(Br)cc(C=NN=C(N)NN=C)c1. The van der Waals surface area contributed by atoms with Gasteiger partial charge < -0.3 is 5.73 Å². The van der Waals surface area contributed by atoms with Crippen LogP contribution in [0.2, 0.25) is 0 Å². The second-order valence-corrected chi connectivity index (χ2v) is 3.94. The first-order valence-corrected chi connectivity index (χ1v) is 5.46. The first-order valence-electron chi connectivity index (χ1n) is 4.67. The van der Waals surface area contributed by atoms with Gasteiger partial charge in [-0.25, -0.2) is 5.43 Å². The molecule has 17 heavy (non-hydrogen) atoms. The fourth-order valence-corrected chi connectivity index (χ4v) is 1.62. The average molecular weight is 294 g/mol. The molecule has 1 aromatic carbocycles. The van der Waals surface area contributed by atoms with E-state index in [1.807, 2.05) is 18.2 Å². The van der Waals surface area contributed by atoms with Crippen molar-refractivity contribution < 1.29 is 0 Å². The second-order valence-electron chi connectivity index (χ2n) is 3.02. The van der Waals surface area contributed by atoms with E-state index in [2.05, 4.69) is 50.0 Å². The predicted octanol–water partition coefficient (Wildman–Crippen LogP) is 1.95. The molecule has 0 spiro atoms. The lowest BCUT2D eigenvalue weighted by Crippen LogP contribution is -2.26. The Morgan fingerprint density at radius 2 is 2.06 bits per heavy atom. The van der Waals surface area contributed by atoms with Crippen LogP contribution in [0.25, 0.3) is 6.08 Å². The molecule has 1 aromatic rings. The minimum atomic E-state index is 0.0789. The Hall–Kier alpha value is -1.95. The summed E-state index contributed by atoms with van der Waals surface area (Å²) in [6.45, 7) is 6.91. The van der Waals surface area contributed by atoms with Crippen molar-refractivity contribution in [1.82, 2.24) is 5.43 Å². The van der Waals surface area contributed by atoms with Crippen LogP contribution in [-0.2, 0) is 0 Å². The maximum atomic E-state index is 5.40. The molecular weight excluding hydrogens is 282 g/mol. The molecule has 0 fully saturated rings. The zero-order valence-electron chi connectivity index (χ0n) is 9.10. The molecule has 0 aliphatic heterocycles. The number of hydrogen-bond acceptors (Lipinski definition) is 3. The quantitative estimate of drug-likeness (QED) is 0.506. The first-order chi connectivity index (χ1) is 8.15. The van der Waals surface area contributed by atoms with Gasteiger partial charge in [-0.15, -0.1) is 5.10 Å². The number of halogens is 1. The summed E-state index contributed by atoms with van der Waals surface area (Å²) in [6.07, 6.45) is 3.33. The normalized spacial score (nSPS) is 11.5. The molecule has 0 saturated carbocycles. The maximum absolute atomic E-state index is 5.40. The molecular formula is C11H12BrN5. The van der Waals surface area contributed by atoms with Crippen molar-refractivity contribution in [2.45, 2.75) is 0 Å². The van der Waals surface area contributed by atoms with E-state index < -0.39 is 0 Å². The highest BCUT2D eigenvalue weighted by Crippen LogP contribution is 2.15. The number of nitrogens with one attached hydrogen (secondary N) is 1. The van der Waals surface area contributed by atoms with Crippen molar-refractivity contribution in [2.75, 3.05) is 0 Å². The van der Waals surface area contributed by atoms with Crippen LogP contribution in [-0.4, -0.2) is 18.9 Å². The Morgan fingerprint density at radius 1 is 1.35 bits per heavy atom. The van der Waals surface area contributed by atoms with Gasteiger partial charge in [0.05, 0.1) is 6.21 Å². The highest BCUT2D eigenvalue weighted by atomic mass is 79.9. The van der Waals surface area contributed by atoms with E-state index in [1.54, 1.807) is 12.3 Å². The van der Waals surface area contributed by atoms with E-state index in [4.69, 9.17) is 5.73 Å². The molecule has 1 rings (SSSR count). The summed E-state index contributed by atoms with van der Waals surface area (Å²) in [6, 6.07) is 5.78. The van der Waals surface area contributed by atoms with Gasteiger partial charge in [-0.05, 0) is 29.3 Å². The van der Waals surface area contributed by atoms with Gasteiger partial charge >= 0.3 is 0 Å². The molecule has 88 valence electrons. The van der Waals surface area contributed by atoms with Crippen LogP contribution in [0.5, 0.6) is 0 Å². The summed E-state index contributed by atoms with van der Waals surface area (Å²) < 4.78 is 0.944. The zero-order chi connectivity index (χ0) is 12.7. The number of nitrogens with two attached hydrogens (primary N) is 1. The summed E-state index contributed by atoms with van der Waals surface area (Å²) in [5.41, 5.74) is 9.64. The number of hydrazone groups is 1. The van der Waals surface area contributed by atoms with Gasteiger partial charge in [0.1, 0.15) is 0 Å². The van der Waals surface area contributed by atoms with Crippen molar-refractivity contribution in [2.24, 2.45) is 21.0 Å². The van der Waals surface area contributed by atoms with E-state index in [9.17, 15) is 0 Å². The zero-order valence-corrected chi connectivity index (χ0v) is 10.7. The lowest BCUT2D eigenvalue weighted by Gasteiger charge is -1.98. The van der Waals surface area contributed by atoms with Crippen molar-refractivity contribution in [3.63, 3.8) is 0 Å². The third-order valence-corrected chi connectivity index (χ3v) is 2.20. The third kappa shape index (κ3) is 4.60. The van der Waals surface area contributed by atoms with Crippen LogP contribution < -0.4 is 11.2 Å². The first kappa shape index (κ1) is 13.1. The van der Waals surface area contributed by atoms with Gasteiger partial charge in [-0.1, -0.05) is 28.6 Å². The van der Waals surface area contributed by atoms with Crippen LogP contribution in [0.4, 0.5) is 0 Å². The molecule has 3 N–H and O–H groups in total. The molecule has 0 unspecified atom stereocenters. The Balaban J connectivity index is 2.84. The fraction of sp³-hybridized carbons (Fsp3) is 0. The molecule has 5 nitrogen and oxygen atoms in total. The summed E-state index contributed by atoms with van der Waals surface area (Å²) in [4.78, 5) is 0. The van der Waals surface area contributed by atoms with Crippen molar-refractivity contribution >= 4 is 40.9 Å². The van der Waals surface area contributed by atoms with Gasteiger partial charge in [0.15, 0.2) is 0 Å². The number of nitrogens with zero attached hydrogens (tertiary/aromatic N) is 3. The molecule has 0 aromatic heterocycles. The molecule has 0 bridgehead atoms. The Labute approximate surface area is 108 Å². The second kappa shape index (κ2) is 6.59. The lowest BCUT2D eigenvalue weighted by molar-refractivity contribution is 0.999. The number of guanidine groups is 1. The fourth-order valence-electron chi connectivity index (χ4n) is 1.09. The van der Waals surface area contributed by atoms with E-state index in [0.29, 0.717) is 0 Å². The minimum absolute atomic E-state index is 0.0789.